The molecule has 1 saturated heterocycles. The number of aliphatic hydroxyl groups excluding tert-OH is 4. The van der Waals surface area contributed by atoms with Crippen molar-refractivity contribution in [2.24, 2.45) is 0 Å². The fourth-order valence-corrected chi connectivity index (χ4v) is 2.03. The Labute approximate surface area is 92.5 Å². The first-order chi connectivity index (χ1) is 7.26. The first-order valence-corrected chi connectivity index (χ1v) is 6.43. The summed E-state index contributed by atoms with van der Waals surface area (Å²) in [6.07, 6.45) is -6.37. The second-order valence-corrected chi connectivity index (χ2v) is 5.42. The molecule has 96 valence electrons. The van der Waals surface area contributed by atoms with Crippen molar-refractivity contribution >= 4 is 10.0 Å². The number of ether oxygens (including phenoxy) is 1. The highest BCUT2D eigenvalue weighted by Gasteiger charge is 2.44. The molecular formula is C7H15NO7S. The minimum atomic E-state index is -3.64. The number of sulfonamides is 1. The second-order valence-electron chi connectivity index (χ2n) is 3.64. The Morgan fingerprint density at radius 2 is 1.75 bits per heavy atom. The largest absolute Gasteiger partial charge is 0.394 e. The van der Waals surface area contributed by atoms with Gasteiger partial charge in [-0.1, -0.05) is 0 Å². The summed E-state index contributed by atoms with van der Waals surface area (Å²) in [4.78, 5) is 0. The zero-order chi connectivity index (χ0) is 12.5. The Balaban J connectivity index is 2.79. The van der Waals surface area contributed by atoms with Crippen molar-refractivity contribution in [3.8, 4) is 0 Å². The predicted octanol–water partition coefficient (Wildman–Crippen LogP) is -3.66. The summed E-state index contributed by atoms with van der Waals surface area (Å²) >= 11 is 0. The van der Waals surface area contributed by atoms with Gasteiger partial charge in [0.05, 0.1) is 12.9 Å². The molecule has 0 aromatic heterocycles. The summed E-state index contributed by atoms with van der Waals surface area (Å²) in [5.41, 5.74) is 0. The van der Waals surface area contributed by atoms with E-state index >= 15 is 0 Å². The molecule has 0 radical (unpaired) electrons. The van der Waals surface area contributed by atoms with Crippen molar-refractivity contribution in [3.05, 3.63) is 0 Å². The van der Waals surface area contributed by atoms with Crippen LogP contribution in [-0.2, 0) is 14.8 Å². The maximum atomic E-state index is 10.9. The highest BCUT2D eigenvalue weighted by atomic mass is 32.2. The van der Waals surface area contributed by atoms with Crippen LogP contribution in [0.3, 0.4) is 0 Å². The van der Waals surface area contributed by atoms with Gasteiger partial charge in [-0.2, -0.15) is 4.72 Å². The molecule has 0 aromatic carbocycles. The summed E-state index contributed by atoms with van der Waals surface area (Å²) in [5, 5.41) is 37.0. The van der Waals surface area contributed by atoms with E-state index in [-0.39, 0.29) is 0 Å². The lowest BCUT2D eigenvalue weighted by Crippen LogP contribution is -2.63. The van der Waals surface area contributed by atoms with E-state index in [9.17, 15) is 23.7 Å². The van der Waals surface area contributed by atoms with Crippen molar-refractivity contribution in [2.75, 3.05) is 12.9 Å². The van der Waals surface area contributed by atoms with Crippen LogP contribution in [0.15, 0.2) is 0 Å². The van der Waals surface area contributed by atoms with Gasteiger partial charge >= 0.3 is 0 Å². The van der Waals surface area contributed by atoms with Crippen molar-refractivity contribution in [1.29, 1.82) is 0 Å². The van der Waals surface area contributed by atoms with Gasteiger partial charge in [-0.05, 0) is 0 Å². The van der Waals surface area contributed by atoms with E-state index < -0.39 is 47.3 Å². The number of hydrogen-bond donors (Lipinski definition) is 5. The van der Waals surface area contributed by atoms with E-state index in [1.807, 2.05) is 4.72 Å². The third-order valence-corrected chi connectivity index (χ3v) is 2.88. The van der Waals surface area contributed by atoms with Crippen molar-refractivity contribution in [3.63, 3.8) is 0 Å². The van der Waals surface area contributed by atoms with Gasteiger partial charge in [-0.3, -0.25) is 0 Å². The zero-order valence-electron chi connectivity index (χ0n) is 8.52. The quantitative estimate of drug-likeness (QED) is 0.351. The molecule has 16 heavy (non-hydrogen) atoms. The lowest BCUT2D eigenvalue weighted by atomic mass is 9.99. The summed E-state index contributed by atoms with van der Waals surface area (Å²) < 4.78 is 28.7. The maximum absolute atomic E-state index is 10.9. The molecule has 1 aliphatic rings. The van der Waals surface area contributed by atoms with Crippen LogP contribution in [0, 0.1) is 0 Å². The minimum Gasteiger partial charge on any atom is -0.394 e. The molecule has 0 aromatic rings. The summed E-state index contributed by atoms with van der Waals surface area (Å²) in [6.45, 7) is -0.604. The van der Waals surface area contributed by atoms with Crippen LogP contribution < -0.4 is 4.72 Å². The second kappa shape index (κ2) is 4.92. The van der Waals surface area contributed by atoms with Gasteiger partial charge in [0.2, 0.25) is 10.0 Å². The standard InChI is InChI=1S/C7H15NO7S/c1-16(13,14)8-7-6(12)5(11)4(10)3(2-9)15-7/h3-12H,2H2,1H3/t3-,4+,5+,6-,7-/m1/s1. The molecule has 1 rings (SSSR count). The molecule has 0 unspecified atom stereocenters. The van der Waals surface area contributed by atoms with E-state index in [1.165, 1.54) is 0 Å². The summed E-state index contributed by atoms with van der Waals surface area (Å²) in [7, 11) is -3.64. The van der Waals surface area contributed by atoms with Crippen molar-refractivity contribution in [1.82, 2.24) is 4.72 Å². The molecular weight excluding hydrogens is 242 g/mol. The maximum Gasteiger partial charge on any atom is 0.210 e. The van der Waals surface area contributed by atoms with E-state index in [0.29, 0.717) is 0 Å². The first kappa shape index (κ1) is 13.8. The average molecular weight is 257 g/mol. The highest BCUT2D eigenvalue weighted by molar-refractivity contribution is 7.88. The van der Waals surface area contributed by atoms with Gasteiger partial charge in [0.25, 0.3) is 0 Å². The van der Waals surface area contributed by atoms with E-state index in [2.05, 4.69) is 0 Å². The van der Waals surface area contributed by atoms with Crippen LogP contribution in [0.4, 0.5) is 0 Å². The normalized spacial score (nSPS) is 40.9. The van der Waals surface area contributed by atoms with Crippen molar-refractivity contribution < 1.29 is 33.6 Å². The van der Waals surface area contributed by atoms with Gasteiger partial charge in [0.15, 0.2) is 0 Å². The lowest BCUT2D eigenvalue weighted by Gasteiger charge is -2.39. The third-order valence-electron chi connectivity index (χ3n) is 2.22. The minimum absolute atomic E-state index is 0.604. The molecule has 0 bridgehead atoms. The van der Waals surface area contributed by atoms with Crippen LogP contribution in [0.2, 0.25) is 0 Å². The zero-order valence-corrected chi connectivity index (χ0v) is 9.33. The summed E-state index contributed by atoms with van der Waals surface area (Å²) in [5.74, 6) is 0. The molecule has 0 saturated carbocycles. The molecule has 0 amide bonds. The van der Waals surface area contributed by atoms with E-state index in [4.69, 9.17) is 9.84 Å². The van der Waals surface area contributed by atoms with Gasteiger partial charge in [-0.25, -0.2) is 8.42 Å². The fraction of sp³-hybridized carbons (Fsp3) is 1.00. The topological polar surface area (TPSA) is 136 Å². The Hall–Kier alpha value is -0.290. The van der Waals surface area contributed by atoms with Crippen molar-refractivity contribution in [2.45, 2.75) is 30.6 Å². The number of nitrogens with one attached hydrogen (secondary N) is 1. The molecule has 1 aliphatic heterocycles. The number of hydrogen-bond acceptors (Lipinski definition) is 7. The van der Waals surface area contributed by atoms with Crippen LogP contribution in [0.1, 0.15) is 0 Å². The Bertz CT molecular complexity index is 330. The Morgan fingerprint density at radius 3 is 2.19 bits per heavy atom. The van der Waals surface area contributed by atoms with Crippen LogP contribution >= 0.6 is 0 Å². The van der Waals surface area contributed by atoms with E-state index in [1.54, 1.807) is 0 Å². The van der Waals surface area contributed by atoms with Gasteiger partial charge in [0, 0.05) is 0 Å². The Kier molecular flexibility index (Phi) is 4.23. The molecule has 5 atom stereocenters. The highest BCUT2D eigenvalue weighted by Crippen LogP contribution is 2.19. The fourth-order valence-electron chi connectivity index (χ4n) is 1.41. The molecule has 0 spiro atoms. The Morgan fingerprint density at radius 1 is 1.19 bits per heavy atom. The SMILES string of the molecule is CS(=O)(=O)N[C@@H]1O[C@H](CO)[C@H](O)[C@H](O)[C@H]1O. The predicted molar refractivity (Wildman–Crippen MR) is 51.7 cm³/mol. The first-order valence-electron chi connectivity index (χ1n) is 4.54. The molecule has 0 aliphatic carbocycles. The molecule has 8 nitrogen and oxygen atoms in total. The van der Waals surface area contributed by atoms with Crippen LogP contribution in [-0.4, -0.2) is 72.4 Å². The molecule has 1 heterocycles. The van der Waals surface area contributed by atoms with Crippen LogP contribution in [0.5, 0.6) is 0 Å². The lowest BCUT2D eigenvalue weighted by molar-refractivity contribution is -0.231. The van der Waals surface area contributed by atoms with Crippen LogP contribution in [0.25, 0.3) is 0 Å². The smallest absolute Gasteiger partial charge is 0.210 e. The van der Waals surface area contributed by atoms with Gasteiger partial charge < -0.3 is 25.2 Å². The molecule has 1 fully saturated rings. The summed E-state index contributed by atoms with van der Waals surface area (Å²) in [6, 6.07) is 0. The number of aliphatic hydroxyl groups is 4. The van der Waals surface area contributed by atoms with Gasteiger partial charge in [0.1, 0.15) is 30.6 Å². The third kappa shape index (κ3) is 3.10. The molecule has 9 heteroatoms. The molecule has 5 N–H and O–H groups in total. The number of rotatable bonds is 3. The van der Waals surface area contributed by atoms with E-state index in [0.717, 1.165) is 6.26 Å². The average Bonchev–Trinajstić information content (AvgIpc) is 2.17. The van der Waals surface area contributed by atoms with Gasteiger partial charge in [-0.15, -0.1) is 0 Å². The monoisotopic (exact) mass is 257 g/mol.